The maximum Gasteiger partial charge on any atom is 0.281 e. The number of unbranched alkanes of at least 4 members (excludes halogenated alkanes) is 2. The van der Waals surface area contributed by atoms with Crippen LogP contribution in [-0.2, 0) is 20.4 Å². The molecule has 0 saturated carbocycles. The highest BCUT2D eigenvalue weighted by Gasteiger charge is 2.23. The molecule has 0 heterocycles. The molecule has 0 aromatic rings. The SMILES string of the molecule is CCCCN(C)S(=O)(=O)NCCCN(C)S(=O)(=O)N(C)CCCC. The molecule has 1 N–H and O–H groups in total. The lowest BCUT2D eigenvalue weighted by Gasteiger charge is -2.24. The van der Waals surface area contributed by atoms with E-state index in [2.05, 4.69) is 4.72 Å². The molecule has 0 bridgehead atoms. The molecule has 10 heteroatoms. The summed E-state index contributed by atoms with van der Waals surface area (Å²) >= 11 is 0. The van der Waals surface area contributed by atoms with Gasteiger partial charge in [-0.15, -0.1) is 0 Å². The average molecular weight is 387 g/mol. The van der Waals surface area contributed by atoms with Crippen molar-refractivity contribution >= 4 is 20.4 Å². The van der Waals surface area contributed by atoms with E-state index < -0.39 is 20.4 Å². The normalized spacial score (nSPS) is 13.3. The Morgan fingerprint density at radius 2 is 1.12 bits per heavy atom. The first-order valence-corrected chi connectivity index (χ1v) is 11.3. The molecule has 8 nitrogen and oxygen atoms in total. The molecule has 0 aliphatic carbocycles. The number of hydrogen-bond donors (Lipinski definition) is 1. The van der Waals surface area contributed by atoms with E-state index in [9.17, 15) is 16.8 Å². The summed E-state index contributed by atoms with van der Waals surface area (Å²) in [7, 11) is -2.35. The molecule has 0 rings (SSSR count). The van der Waals surface area contributed by atoms with Gasteiger partial charge in [0, 0.05) is 47.3 Å². The summed E-state index contributed by atoms with van der Waals surface area (Å²) in [5.41, 5.74) is 0. The van der Waals surface area contributed by atoms with E-state index in [1.54, 1.807) is 7.05 Å². The summed E-state index contributed by atoms with van der Waals surface area (Å²) in [4.78, 5) is 0. The summed E-state index contributed by atoms with van der Waals surface area (Å²) in [5.74, 6) is 0. The van der Waals surface area contributed by atoms with Crippen LogP contribution < -0.4 is 4.72 Å². The largest absolute Gasteiger partial charge is 0.281 e. The molecule has 0 unspecified atom stereocenters. The van der Waals surface area contributed by atoms with Crippen LogP contribution in [0.2, 0.25) is 0 Å². The van der Waals surface area contributed by atoms with Gasteiger partial charge in [-0.25, -0.2) is 4.72 Å². The van der Waals surface area contributed by atoms with Gasteiger partial charge in [0.15, 0.2) is 0 Å². The van der Waals surface area contributed by atoms with Crippen LogP contribution >= 0.6 is 0 Å². The van der Waals surface area contributed by atoms with E-state index in [-0.39, 0.29) is 13.1 Å². The average Bonchev–Trinajstić information content (AvgIpc) is 2.53. The van der Waals surface area contributed by atoms with Crippen LogP contribution in [0.4, 0.5) is 0 Å². The van der Waals surface area contributed by atoms with Gasteiger partial charge in [0.25, 0.3) is 20.4 Å². The van der Waals surface area contributed by atoms with Gasteiger partial charge in [0.05, 0.1) is 0 Å². The summed E-state index contributed by atoms with van der Waals surface area (Å²) in [6, 6.07) is 0. The minimum Gasteiger partial charge on any atom is -0.202 e. The molecule has 0 saturated heterocycles. The van der Waals surface area contributed by atoms with Crippen molar-refractivity contribution in [3.05, 3.63) is 0 Å². The van der Waals surface area contributed by atoms with Crippen LogP contribution in [0.1, 0.15) is 46.0 Å². The van der Waals surface area contributed by atoms with Gasteiger partial charge < -0.3 is 0 Å². The molecule has 0 aliphatic heterocycles. The highest BCUT2D eigenvalue weighted by atomic mass is 32.2. The van der Waals surface area contributed by atoms with Gasteiger partial charge in [0.2, 0.25) is 0 Å². The van der Waals surface area contributed by atoms with Crippen LogP contribution in [0.25, 0.3) is 0 Å². The Labute approximate surface area is 148 Å². The van der Waals surface area contributed by atoms with E-state index >= 15 is 0 Å². The van der Waals surface area contributed by atoms with Crippen molar-refractivity contribution in [2.45, 2.75) is 46.0 Å². The first-order chi connectivity index (χ1) is 11.1. The predicted octanol–water partition coefficient (Wildman–Crippen LogP) is 0.851. The number of hydrogen-bond acceptors (Lipinski definition) is 4. The Bertz CT molecular complexity index is 537. The second kappa shape index (κ2) is 11.4. The van der Waals surface area contributed by atoms with E-state index in [1.807, 2.05) is 13.8 Å². The zero-order valence-electron chi connectivity index (χ0n) is 15.7. The molecular formula is C14H34N4O4S2. The van der Waals surface area contributed by atoms with Crippen LogP contribution in [-0.4, -0.2) is 77.1 Å². The quantitative estimate of drug-likeness (QED) is 0.448. The number of nitrogens with zero attached hydrogens (tertiary/aromatic N) is 3. The van der Waals surface area contributed by atoms with Crippen LogP contribution in [0.15, 0.2) is 0 Å². The van der Waals surface area contributed by atoms with Crippen molar-refractivity contribution in [3.63, 3.8) is 0 Å². The van der Waals surface area contributed by atoms with Gasteiger partial charge in [0.1, 0.15) is 0 Å². The minimum atomic E-state index is -3.49. The summed E-state index contributed by atoms with van der Waals surface area (Å²) < 4.78 is 54.9. The van der Waals surface area contributed by atoms with Gasteiger partial charge in [-0.05, 0) is 19.3 Å². The lowest BCUT2D eigenvalue weighted by molar-refractivity contribution is 0.384. The van der Waals surface area contributed by atoms with Gasteiger partial charge in [-0.2, -0.15) is 29.8 Å². The van der Waals surface area contributed by atoms with E-state index in [0.717, 1.165) is 25.7 Å². The van der Waals surface area contributed by atoms with Crippen molar-refractivity contribution in [2.75, 3.05) is 47.3 Å². The Hall–Kier alpha value is -0.260. The molecule has 0 fully saturated rings. The minimum absolute atomic E-state index is 0.206. The third-order valence-electron chi connectivity index (χ3n) is 3.79. The molecule has 0 aromatic carbocycles. The van der Waals surface area contributed by atoms with Crippen LogP contribution in [0, 0.1) is 0 Å². The fourth-order valence-electron chi connectivity index (χ4n) is 1.96. The fraction of sp³-hybridized carbons (Fsp3) is 1.00. The summed E-state index contributed by atoms with van der Waals surface area (Å²) in [6.07, 6.45) is 3.89. The second-order valence-corrected chi connectivity index (χ2v) is 9.94. The molecule has 0 amide bonds. The lowest BCUT2D eigenvalue weighted by atomic mass is 10.3. The summed E-state index contributed by atoms with van der Waals surface area (Å²) in [5, 5.41) is 0. The summed E-state index contributed by atoms with van der Waals surface area (Å²) in [6.45, 7) is 5.44. The lowest BCUT2D eigenvalue weighted by Crippen LogP contribution is -2.42. The topological polar surface area (TPSA) is 90.0 Å². The first-order valence-electron chi connectivity index (χ1n) is 8.48. The zero-order chi connectivity index (χ0) is 18.8. The maximum absolute atomic E-state index is 12.3. The highest BCUT2D eigenvalue weighted by Crippen LogP contribution is 2.06. The third kappa shape index (κ3) is 8.21. The van der Waals surface area contributed by atoms with E-state index in [1.165, 1.54) is 27.0 Å². The Kier molecular flexibility index (Phi) is 11.3. The van der Waals surface area contributed by atoms with Crippen molar-refractivity contribution in [2.24, 2.45) is 0 Å². The Balaban J connectivity index is 4.31. The predicted molar refractivity (Wildman–Crippen MR) is 98.2 cm³/mol. The molecule has 0 aromatic heterocycles. The smallest absolute Gasteiger partial charge is 0.202 e. The zero-order valence-corrected chi connectivity index (χ0v) is 17.3. The van der Waals surface area contributed by atoms with E-state index in [0.29, 0.717) is 19.5 Å². The number of rotatable bonds is 14. The fourth-order valence-corrected chi connectivity index (χ4v) is 4.15. The Morgan fingerprint density at radius 3 is 1.58 bits per heavy atom. The standard InChI is InChI=1S/C14H34N4O4S2/c1-6-8-12-16(3)23(19,20)15-11-10-14-18(5)24(21,22)17(4)13-9-7-2/h15H,6-14H2,1-5H3. The number of nitrogens with one attached hydrogen (secondary N) is 1. The molecule has 0 spiro atoms. The van der Waals surface area contributed by atoms with Gasteiger partial charge >= 0.3 is 0 Å². The highest BCUT2D eigenvalue weighted by molar-refractivity contribution is 7.87. The molecular weight excluding hydrogens is 352 g/mol. The van der Waals surface area contributed by atoms with Crippen molar-refractivity contribution in [1.29, 1.82) is 0 Å². The molecule has 146 valence electrons. The van der Waals surface area contributed by atoms with Crippen molar-refractivity contribution in [3.8, 4) is 0 Å². The van der Waals surface area contributed by atoms with Crippen molar-refractivity contribution < 1.29 is 16.8 Å². The maximum atomic E-state index is 12.3. The van der Waals surface area contributed by atoms with Crippen molar-refractivity contribution in [1.82, 2.24) is 17.6 Å². The monoisotopic (exact) mass is 386 g/mol. The van der Waals surface area contributed by atoms with Gasteiger partial charge in [-0.1, -0.05) is 26.7 Å². The second-order valence-electron chi connectivity index (χ2n) is 5.93. The molecule has 0 aliphatic rings. The molecule has 0 atom stereocenters. The third-order valence-corrected chi connectivity index (χ3v) is 7.30. The van der Waals surface area contributed by atoms with E-state index in [4.69, 9.17) is 0 Å². The van der Waals surface area contributed by atoms with Crippen LogP contribution in [0.3, 0.4) is 0 Å². The Morgan fingerprint density at radius 1 is 0.708 bits per heavy atom. The van der Waals surface area contributed by atoms with Crippen LogP contribution in [0.5, 0.6) is 0 Å². The molecule has 24 heavy (non-hydrogen) atoms. The first kappa shape index (κ1) is 23.7. The van der Waals surface area contributed by atoms with Gasteiger partial charge in [-0.3, -0.25) is 0 Å². The molecule has 0 radical (unpaired) electrons.